The second kappa shape index (κ2) is 13.2. The van der Waals surface area contributed by atoms with Gasteiger partial charge in [-0.3, -0.25) is 0 Å². The molecule has 4 N–H and O–H groups in total. The summed E-state index contributed by atoms with van der Waals surface area (Å²) in [5.41, 5.74) is 0. The first kappa shape index (κ1) is 22.6. The third-order valence-electron chi connectivity index (χ3n) is 0. The molecule has 0 radical (unpaired) electrons. The minimum atomic E-state index is -4.64. The molecule has 5 nitrogen and oxygen atoms in total. The van der Waals surface area contributed by atoms with Gasteiger partial charge in [0.2, 0.25) is 0 Å². The van der Waals surface area contributed by atoms with Crippen LogP contribution in [0.3, 0.4) is 0 Å². The Bertz CT molecular complexity index is 72.7. The van der Waals surface area contributed by atoms with Crippen LogP contribution in [0, 0.1) is 0 Å². The van der Waals surface area contributed by atoms with Crippen molar-refractivity contribution in [3.05, 3.63) is 0 Å². The van der Waals surface area contributed by atoms with Gasteiger partial charge in [0.05, 0.1) is 0 Å². The predicted octanol–water partition coefficient (Wildman–Crippen LogP) is -1.63. The van der Waals surface area contributed by atoms with Crippen molar-refractivity contribution >= 4 is 83.3 Å². The van der Waals surface area contributed by atoms with Crippen molar-refractivity contribution in [3.8, 4) is 0 Å². The van der Waals surface area contributed by atoms with Crippen LogP contribution in [-0.4, -0.2) is 102 Å². The standard InChI is InChI=1S/CH4O.2Ca.H3O4P.4H/c1-2;;;1-5(2,3)4;;;;/h2H,1H3;;;(H3,1,2,3,4);;;;/q;2*+2;;4*-1. The van der Waals surface area contributed by atoms with Gasteiger partial charge in [-0.2, -0.15) is 0 Å². The van der Waals surface area contributed by atoms with Crippen molar-refractivity contribution in [1.29, 1.82) is 0 Å². The number of hydrogen-bond acceptors (Lipinski definition) is 2. The molecule has 0 aliphatic heterocycles. The van der Waals surface area contributed by atoms with Crippen LogP contribution in [0.15, 0.2) is 0 Å². The smallest absolute Gasteiger partial charge is 1.00 e. The molecule has 0 spiro atoms. The van der Waals surface area contributed by atoms with Gasteiger partial charge in [0.1, 0.15) is 0 Å². The Kier molecular flexibility index (Phi) is 33.1. The average molecular weight is 214 g/mol. The van der Waals surface area contributed by atoms with Crippen molar-refractivity contribution in [2.75, 3.05) is 7.11 Å². The summed E-state index contributed by atoms with van der Waals surface area (Å²) >= 11 is 0. The minimum absolute atomic E-state index is 0. The summed E-state index contributed by atoms with van der Waals surface area (Å²) in [4.78, 5) is 21.6. The Morgan fingerprint density at radius 1 is 1.11 bits per heavy atom. The molecule has 9 heavy (non-hydrogen) atoms. The Morgan fingerprint density at radius 2 is 1.11 bits per heavy atom. The molecule has 0 aromatic carbocycles. The van der Waals surface area contributed by atoms with E-state index in [-0.39, 0.29) is 81.2 Å². The molecule has 0 amide bonds. The Hall–Kier alpha value is 2.59. The van der Waals surface area contributed by atoms with Gasteiger partial charge in [-0.25, -0.2) is 4.57 Å². The molecule has 0 saturated heterocycles. The summed E-state index contributed by atoms with van der Waals surface area (Å²) < 4.78 is 8.88. The van der Waals surface area contributed by atoms with E-state index in [1.165, 1.54) is 0 Å². The number of hydrogen-bond donors (Lipinski definition) is 4. The number of phosphoric acid groups is 1. The fourth-order valence-electron chi connectivity index (χ4n) is 0. The van der Waals surface area contributed by atoms with E-state index in [4.69, 9.17) is 24.4 Å². The van der Waals surface area contributed by atoms with Crippen molar-refractivity contribution in [2.24, 2.45) is 0 Å². The quantitative estimate of drug-likeness (QED) is 0.287. The summed E-state index contributed by atoms with van der Waals surface area (Å²) in [6.07, 6.45) is 0. The molecular weight excluding hydrogens is 203 g/mol. The molecule has 0 rings (SSSR count). The second-order valence-electron chi connectivity index (χ2n) is 0.513. The SMILES string of the molecule is CO.O=P(O)(O)O.[Ca+2].[Ca+2].[H-].[H-].[H-].[H-]. The average Bonchev–Trinajstić information content (AvgIpc) is 1.36. The molecule has 0 aliphatic carbocycles. The third-order valence-corrected chi connectivity index (χ3v) is 0. The third kappa shape index (κ3) is 117. The van der Waals surface area contributed by atoms with Crippen LogP contribution in [0.4, 0.5) is 0 Å². The zero-order valence-electron chi connectivity index (χ0n) is 9.06. The van der Waals surface area contributed by atoms with Gasteiger partial charge >= 0.3 is 83.3 Å². The van der Waals surface area contributed by atoms with Gasteiger partial charge in [-0.1, -0.05) is 0 Å². The van der Waals surface area contributed by atoms with E-state index < -0.39 is 7.82 Å². The second-order valence-corrected chi connectivity index (χ2v) is 1.54. The van der Waals surface area contributed by atoms with E-state index in [9.17, 15) is 0 Å². The van der Waals surface area contributed by atoms with Crippen molar-refractivity contribution in [1.82, 2.24) is 0 Å². The fourth-order valence-corrected chi connectivity index (χ4v) is 0. The molecule has 0 unspecified atom stereocenters. The first-order valence-electron chi connectivity index (χ1n) is 1.23. The molecule has 0 aromatic rings. The van der Waals surface area contributed by atoms with E-state index in [0.717, 1.165) is 7.11 Å². The van der Waals surface area contributed by atoms with Gasteiger partial charge in [-0.05, 0) is 0 Å². The van der Waals surface area contributed by atoms with E-state index in [1.54, 1.807) is 0 Å². The van der Waals surface area contributed by atoms with Crippen LogP contribution in [0.25, 0.3) is 0 Å². The van der Waals surface area contributed by atoms with Gasteiger partial charge in [0.25, 0.3) is 0 Å². The van der Waals surface area contributed by atoms with Crippen LogP contribution < -0.4 is 0 Å². The topological polar surface area (TPSA) is 98.0 Å². The molecule has 0 aromatic heterocycles. The minimum Gasteiger partial charge on any atom is -1.00 e. The first-order chi connectivity index (χ1) is 3.00. The van der Waals surface area contributed by atoms with Crippen LogP contribution >= 0.6 is 7.82 Å². The monoisotopic (exact) mass is 214 g/mol. The summed E-state index contributed by atoms with van der Waals surface area (Å²) in [7, 11) is -3.64. The van der Waals surface area contributed by atoms with E-state index in [1.807, 2.05) is 0 Å². The normalized spacial score (nSPS) is 7.22. The van der Waals surface area contributed by atoms with Gasteiger partial charge < -0.3 is 25.5 Å². The number of aliphatic hydroxyl groups is 1. The first-order valence-corrected chi connectivity index (χ1v) is 2.79. The maximum absolute atomic E-state index is 8.88. The van der Waals surface area contributed by atoms with Crippen LogP contribution in [-0.2, 0) is 4.57 Å². The van der Waals surface area contributed by atoms with Gasteiger partial charge in [0, 0.05) is 7.11 Å². The molecule has 0 heterocycles. The number of aliphatic hydroxyl groups excluding tert-OH is 1. The summed E-state index contributed by atoms with van der Waals surface area (Å²) in [5.74, 6) is 0. The van der Waals surface area contributed by atoms with E-state index in [2.05, 4.69) is 0 Å². The van der Waals surface area contributed by atoms with Gasteiger partial charge in [0.15, 0.2) is 0 Å². The van der Waals surface area contributed by atoms with Crippen LogP contribution in [0.1, 0.15) is 5.71 Å². The summed E-state index contributed by atoms with van der Waals surface area (Å²) in [6.45, 7) is 0. The zero-order valence-corrected chi connectivity index (χ0v) is 10.4. The zero-order chi connectivity index (χ0) is 6.50. The Balaban J connectivity index is -0.00000000492. The molecule has 8 heteroatoms. The molecular formula is CH11Ca2O5P. The molecule has 0 saturated carbocycles. The fraction of sp³-hybridized carbons (Fsp3) is 1.00. The van der Waals surface area contributed by atoms with Crippen LogP contribution in [0.5, 0.6) is 0 Å². The summed E-state index contributed by atoms with van der Waals surface area (Å²) in [6, 6.07) is 0. The van der Waals surface area contributed by atoms with Crippen molar-refractivity contribution < 1.29 is 30.1 Å². The molecule has 54 valence electrons. The van der Waals surface area contributed by atoms with E-state index in [0.29, 0.717) is 0 Å². The van der Waals surface area contributed by atoms with Crippen LogP contribution in [0.2, 0.25) is 0 Å². The summed E-state index contributed by atoms with van der Waals surface area (Å²) in [5, 5.41) is 7.00. The maximum atomic E-state index is 8.88. The van der Waals surface area contributed by atoms with Gasteiger partial charge in [-0.15, -0.1) is 0 Å². The maximum Gasteiger partial charge on any atom is 2.00 e. The van der Waals surface area contributed by atoms with Crippen molar-refractivity contribution in [3.63, 3.8) is 0 Å². The molecule has 0 fully saturated rings. The Morgan fingerprint density at radius 3 is 1.11 bits per heavy atom. The molecule has 0 atom stereocenters. The molecule has 0 aliphatic rings. The largest absolute Gasteiger partial charge is 2.00 e. The Labute approximate surface area is 119 Å². The number of rotatable bonds is 0. The molecule has 0 bridgehead atoms. The van der Waals surface area contributed by atoms with Crippen molar-refractivity contribution in [2.45, 2.75) is 0 Å². The van der Waals surface area contributed by atoms with E-state index >= 15 is 0 Å². The predicted molar refractivity (Wildman–Crippen MR) is 38.4 cm³/mol.